The fourth-order valence-corrected chi connectivity index (χ4v) is 4.69. The van der Waals surface area contributed by atoms with E-state index >= 15 is 0 Å². The van der Waals surface area contributed by atoms with Gasteiger partial charge < -0.3 is 20.1 Å². The van der Waals surface area contributed by atoms with Crippen LogP contribution in [0, 0.1) is 6.92 Å². The van der Waals surface area contributed by atoms with E-state index in [4.69, 9.17) is 4.74 Å². The lowest BCUT2D eigenvalue weighted by atomic mass is 10.00. The van der Waals surface area contributed by atoms with Crippen molar-refractivity contribution in [1.82, 2.24) is 0 Å². The lowest BCUT2D eigenvalue weighted by molar-refractivity contribution is -0.137. The first-order valence-electron chi connectivity index (χ1n) is 14.1. The van der Waals surface area contributed by atoms with Crippen LogP contribution in [0.15, 0.2) is 103 Å². The summed E-state index contributed by atoms with van der Waals surface area (Å²) in [6, 6.07) is 30.1. The van der Waals surface area contributed by atoms with Gasteiger partial charge in [-0.05, 0) is 60.9 Å². The number of anilines is 2. The standard InChI is InChI=1S/C35H36N2O5/c1-3-33(38)37(28-14-9-11-25(2)23-28)21-10-22-42-29-19-17-26(18-20-29)24-32(35(40)41)36-31-16-8-7-15-30(31)34(39)27-12-5-4-6-13-27/h4-9,11-20,23,32,36H,3,10,21-22,24H2,1-2H3,(H,40,41)/t32-/m0/s1. The van der Waals surface area contributed by atoms with Gasteiger partial charge in [0.1, 0.15) is 11.8 Å². The van der Waals surface area contributed by atoms with Crippen LogP contribution < -0.4 is 15.0 Å². The second-order valence-electron chi connectivity index (χ2n) is 10.1. The van der Waals surface area contributed by atoms with Crippen molar-refractivity contribution in [3.05, 3.63) is 125 Å². The molecule has 4 aromatic rings. The zero-order valence-corrected chi connectivity index (χ0v) is 24.0. The third-order valence-electron chi connectivity index (χ3n) is 6.91. The average molecular weight is 565 g/mol. The van der Waals surface area contributed by atoms with Crippen LogP contribution in [-0.4, -0.2) is 42.0 Å². The Balaban J connectivity index is 1.34. The molecule has 216 valence electrons. The number of carbonyl (C=O) groups is 3. The first kappa shape index (κ1) is 30.1. The van der Waals surface area contributed by atoms with Crippen molar-refractivity contribution in [3.63, 3.8) is 0 Å². The monoisotopic (exact) mass is 564 g/mol. The number of carbonyl (C=O) groups excluding carboxylic acids is 2. The molecule has 0 saturated heterocycles. The van der Waals surface area contributed by atoms with E-state index in [1.165, 1.54) is 0 Å². The summed E-state index contributed by atoms with van der Waals surface area (Å²) in [6.45, 7) is 4.85. The molecule has 0 aliphatic carbocycles. The third kappa shape index (κ3) is 8.07. The van der Waals surface area contributed by atoms with E-state index in [0.717, 1.165) is 16.8 Å². The number of carboxylic acid groups (broad SMARTS) is 1. The van der Waals surface area contributed by atoms with Crippen molar-refractivity contribution >= 4 is 29.0 Å². The molecule has 0 radical (unpaired) electrons. The van der Waals surface area contributed by atoms with E-state index in [9.17, 15) is 19.5 Å². The fraction of sp³-hybridized carbons (Fsp3) is 0.229. The molecule has 1 amide bonds. The average Bonchev–Trinajstić information content (AvgIpc) is 3.01. The Labute approximate surface area is 246 Å². The number of carboxylic acids is 1. The lowest BCUT2D eigenvalue weighted by Gasteiger charge is -2.23. The Morgan fingerprint density at radius 2 is 1.60 bits per heavy atom. The van der Waals surface area contributed by atoms with Crippen LogP contribution in [0.4, 0.5) is 11.4 Å². The molecule has 0 saturated carbocycles. The predicted octanol–water partition coefficient (Wildman–Crippen LogP) is 6.55. The van der Waals surface area contributed by atoms with Crippen molar-refractivity contribution in [1.29, 1.82) is 0 Å². The van der Waals surface area contributed by atoms with Crippen LogP contribution >= 0.6 is 0 Å². The maximum atomic E-state index is 13.1. The molecule has 0 fully saturated rings. The Kier molecular flexibility index (Phi) is 10.5. The normalized spacial score (nSPS) is 11.4. The highest BCUT2D eigenvalue weighted by Gasteiger charge is 2.21. The Bertz CT molecular complexity index is 1500. The molecule has 4 rings (SSSR count). The number of nitrogens with one attached hydrogen (secondary N) is 1. The number of nitrogens with zero attached hydrogens (tertiary/aromatic N) is 1. The van der Waals surface area contributed by atoms with Gasteiger partial charge in [-0.2, -0.15) is 0 Å². The molecule has 4 aromatic carbocycles. The van der Waals surface area contributed by atoms with Crippen LogP contribution in [0.3, 0.4) is 0 Å². The second kappa shape index (κ2) is 14.6. The van der Waals surface area contributed by atoms with Crippen molar-refractivity contribution in [2.24, 2.45) is 0 Å². The van der Waals surface area contributed by atoms with Crippen LogP contribution in [-0.2, 0) is 16.0 Å². The molecule has 0 aliphatic heterocycles. The zero-order chi connectivity index (χ0) is 29.9. The number of rotatable bonds is 14. The minimum atomic E-state index is -1.02. The van der Waals surface area contributed by atoms with Gasteiger partial charge in [0.25, 0.3) is 0 Å². The maximum absolute atomic E-state index is 13.1. The molecule has 0 unspecified atom stereocenters. The van der Waals surface area contributed by atoms with Crippen LogP contribution in [0.1, 0.15) is 46.8 Å². The maximum Gasteiger partial charge on any atom is 0.326 e. The number of benzene rings is 4. The number of aryl methyl sites for hydroxylation is 1. The van der Waals surface area contributed by atoms with Gasteiger partial charge in [-0.1, -0.05) is 73.7 Å². The minimum Gasteiger partial charge on any atom is -0.494 e. The van der Waals surface area contributed by atoms with Crippen molar-refractivity contribution in [3.8, 4) is 5.75 Å². The number of hydrogen-bond acceptors (Lipinski definition) is 5. The van der Waals surface area contributed by atoms with E-state index in [1.807, 2.05) is 68.4 Å². The summed E-state index contributed by atoms with van der Waals surface area (Å²) in [5.41, 5.74) is 4.23. The summed E-state index contributed by atoms with van der Waals surface area (Å²) in [7, 11) is 0. The molecule has 0 heterocycles. The molecule has 7 nitrogen and oxygen atoms in total. The number of ether oxygens (including phenoxy) is 1. The summed E-state index contributed by atoms with van der Waals surface area (Å²) >= 11 is 0. The third-order valence-corrected chi connectivity index (χ3v) is 6.91. The van der Waals surface area contributed by atoms with Crippen molar-refractivity contribution in [2.75, 3.05) is 23.4 Å². The molecule has 7 heteroatoms. The Morgan fingerprint density at radius 3 is 2.29 bits per heavy atom. The Morgan fingerprint density at radius 1 is 0.881 bits per heavy atom. The molecular weight excluding hydrogens is 528 g/mol. The Hall–Kier alpha value is -4.91. The summed E-state index contributed by atoms with van der Waals surface area (Å²) in [5.74, 6) is -0.456. The molecular formula is C35H36N2O5. The van der Waals surface area contributed by atoms with Gasteiger partial charge in [-0.15, -0.1) is 0 Å². The topological polar surface area (TPSA) is 95.9 Å². The highest BCUT2D eigenvalue weighted by molar-refractivity contribution is 6.12. The fourth-order valence-electron chi connectivity index (χ4n) is 4.69. The van der Waals surface area contributed by atoms with Crippen LogP contribution in [0.5, 0.6) is 5.75 Å². The summed E-state index contributed by atoms with van der Waals surface area (Å²) in [4.78, 5) is 39.5. The number of hydrogen-bond donors (Lipinski definition) is 2. The quantitative estimate of drug-likeness (QED) is 0.133. The van der Waals surface area contributed by atoms with Crippen molar-refractivity contribution in [2.45, 2.75) is 39.2 Å². The zero-order valence-electron chi connectivity index (χ0n) is 24.0. The van der Waals surface area contributed by atoms with Gasteiger partial charge in [0.2, 0.25) is 5.91 Å². The lowest BCUT2D eigenvalue weighted by Crippen LogP contribution is -2.32. The molecule has 0 aliphatic rings. The molecule has 0 aromatic heterocycles. The first-order chi connectivity index (χ1) is 20.4. The number of para-hydroxylation sites is 1. The van der Waals surface area contributed by atoms with E-state index in [2.05, 4.69) is 5.32 Å². The smallest absolute Gasteiger partial charge is 0.326 e. The van der Waals surface area contributed by atoms with Gasteiger partial charge >= 0.3 is 5.97 Å². The van der Waals surface area contributed by atoms with Gasteiger partial charge in [-0.25, -0.2) is 4.79 Å². The SMILES string of the molecule is CCC(=O)N(CCCOc1ccc(C[C@H](Nc2ccccc2C(=O)c2ccccc2)C(=O)O)cc1)c1cccc(C)c1. The molecule has 42 heavy (non-hydrogen) atoms. The largest absolute Gasteiger partial charge is 0.494 e. The number of aliphatic carboxylic acids is 1. The summed E-state index contributed by atoms with van der Waals surface area (Å²) in [6.07, 6.45) is 1.30. The highest BCUT2D eigenvalue weighted by Crippen LogP contribution is 2.22. The van der Waals surface area contributed by atoms with E-state index in [-0.39, 0.29) is 18.1 Å². The second-order valence-corrected chi connectivity index (χ2v) is 10.1. The van der Waals surface area contributed by atoms with Crippen molar-refractivity contribution < 1.29 is 24.2 Å². The van der Waals surface area contributed by atoms with E-state index < -0.39 is 12.0 Å². The van der Waals surface area contributed by atoms with Gasteiger partial charge in [0, 0.05) is 41.9 Å². The molecule has 1 atom stereocenters. The van der Waals surface area contributed by atoms with Gasteiger partial charge in [0.05, 0.1) is 6.61 Å². The first-order valence-corrected chi connectivity index (χ1v) is 14.1. The van der Waals surface area contributed by atoms with Gasteiger partial charge in [-0.3, -0.25) is 9.59 Å². The summed E-state index contributed by atoms with van der Waals surface area (Å²) in [5, 5.41) is 13.0. The van der Waals surface area contributed by atoms with Gasteiger partial charge in [0.15, 0.2) is 5.78 Å². The molecule has 0 bridgehead atoms. The molecule has 0 spiro atoms. The molecule has 2 N–H and O–H groups in total. The van der Waals surface area contributed by atoms with Crippen LogP contribution in [0.2, 0.25) is 0 Å². The van der Waals surface area contributed by atoms with E-state index in [1.54, 1.807) is 53.4 Å². The minimum absolute atomic E-state index is 0.0682. The van der Waals surface area contributed by atoms with E-state index in [0.29, 0.717) is 48.6 Å². The number of ketones is 1. The van der Waals surface area contributed by atoms with Crippen LogP contribution in [0.25, 0.3) is 0 Å². The highest BCUT2D eigenvalue weighted by atomic mass is 16.5. The predicted molar refractivity (Wildman–Crippen MR) is 165 cm³/mol. The summed E-state index contributed by atoms with van der Waals surface area (Å²) < 4.78 is 5.91. The number of amides is 1.